The quantitative estimate of drug-likeness (QED) is 0.709. The zero-order chi connectivity index (χ0) is 11.5. The van der Waals surface area contributed by atoms with Crippen LogP contribution in [0.25, 0.3) is 0 Å². The molecule has 1 aromatic rings. The van der Waals surface area contributed by atoms with Gasteiger partial charge >= 0.3 is 0 Å². The molecule has 1 heterocycles. The van der Waals surface area contributed by atoms with Crippen LogP contribution in [0.2, 0.25) is 0 Å². The Balaban J connectivity index is 2.45. The van der Waals surface area contributed by atoms with Crippen molar-refractivity contribution in [1.29, 1.82) is 0 Å². The fourth-order valence-corrected chi connectivity index (χ4v) is 4.51. The van der Waals surface area contributed by atoms with E-state index in [9.17, 15) is 0 Å². The highest BCUT2D eigenvalue weighted by atomic mass is 79.9. The summed E-state index contributed by atoms with van der Waals surface area (Å²) in [7, 11) is 1.72. The van der Waals surface area contributed by atoms with Crippen molar-refractivity contribution in [3.05, 3.63) is 27.7 Å². The van der Waals surface area contributed by atoms with Crippen molar-refractivity contribution in [3.63, 3.8) is 0 Å². The van der Waals surface area contributed by atoms with Crippen LogP contribution in [0.4, 0.5) is 0 Å². The van der Waals surface area contributed by atoms with Gasteiger partial charge in [-0.2, -0.15) is 11.8 Å². The third kappa shape index (κ3) is 2.59. The Morgan fingerprint density at radius 3 is 3.00 bits per heavy atom. The minimum atomic E-state index is 0.569. The van der Waals surface area contributed by atoms with E-state index in [4.69, 9.17) is 4.74 Å². The molecule has 1 aliphatic heterocycles. The van der Waals surface area contributed by atoms with Crippen LogP contribution in [-0.4, -0.2) is 18.2 Å². The average molecular weight is 366 g/mol. The van der Waals surface area contributed by atoms with Crippen LogP contribution >= 0.6 is 43.6 Å². The summed E-state index contributed by atoms with van der Waals surface area (Å²) in [5, 5.41) is 1.59. The van der Waals surface area contributed by atoms with Gasteiger partial charge in [0.15, 0.2) is 0 Å². The van der Waals surface area contributed by atoms with Crippen molar-refractivity contribution in [2.75, 3.05) is 18.2 Å². The van der Waals surface area contributed by atoms with Crippen LogP contribution in [0, 0.1) is 0 Å². The van der Waals surface area contributed by atoms with Gasteiger partial charge in [0.1, 0.15) is 5.75 Å². The SMILES string of the molecule is COc1cc2c(cc1Br)C(CBr)SCCC2. The van der Waals surface area contributed by atoms with E-state index in [0.29, 0.717) is 5.25 Å². The first kappa shape index (κ1) is 12.8. The van der Waals surface area contributed by atoms with Crippen molar-refractivity contribution in [3.8, 4) is 5.75 Å². The van der Waals surface area contributed by atoms with Gasteiger partial charge in [-0.3, -0.25) is 0 Å². The van der Waals surface area contributed by atoms with Crippen LogP contribution in [0.1, 0.15) is 22.8 Å². The van der Waals surface area contributed by atoms with Gasteiger partial charge in [0.25, 0.3) is 0 Å². The second-order valence-electron chi connectivity index (χ2n) is 3.80. The number of thioether (sulfide) groups is 1. The summed E-state index contributed by atoms with van der Waals surface area (Å²) in [5.74, 6) is 2.18. The molecule has 0 aromatic heterocycles. The van der Waals surface area contributed by atoms with Crippen molar-refractivity contribution in [2.45, 2.75) is 18.1 Å². The first-order valence-corrected chi connectivity index (χ1v) is 8.26. The Bertz CT molecular complexity index is 382. The number of fused-ring (bicyclic) bond motifs is 1. The number of hydrogen-bond acceptors (Lipinski definition) is 2. The largest absolute Gasteiger partial charge is 0.496 e. The minimum Gasteiger partial charge on any atom is -0.496 e. The molecule has 0 saturated heterocycles. The van der Waals surface area contributed by atoms with E-state index >= 15 is 0 Å². The molecule has 2 rings (SSSR count). The smallest absolute Gasteiger partial charge is 0.133 e. The van der Waals surface area contributed by atoms with Gasteiger partial charge in [-0.05, 0) is 57.8 Å². The highest BCUT2D eigenvalue weighted by Crippen LogP contribution is 2.40. The molecule has 0 radical (unpaired) electrons. The number of halogens is 2. The Morgan fingerprint density at radius 1 is 1.50 bits per heavy atom. The molecule has 88 valence electrons. The third-order valence-corrected chi connectivity index (χ3v) is 5.85. The fraction of sp³-hybridized carbons (Fsp3) is 0.500. The Kier molecular flexibility index (Phi) is 4.62. The molecule has 0 amide bonds. The van der Waals surface area contributed by atoms with Gasteiger partial charge in [0, 0.05) is 10.6 Å². The summed E-state index contributed by atoms with van der Waals surface area (Å²) in [4.78, 5) is 0. The van der Waals surface area contributed by atoms with Gasteiger partial charge in [-0.15, -0.1) is 0 Å². The number of benzene rings is 1. The first-order chi connectivity index (χ1) is 7.76. The zero-order valence-corrected chi connectivity index (χ0v) is 13.1. The van der Waals surface area contributed by atoms with E-state index in [1.807, 2.05) is 11.8 Å². The average Bonchev–Trinajstić information content (AvgIpc) is 2.49. The number of alkyl halides is 1. The van der Waals surface area contributed by atoms with Gasteiger partial charge in [0.05, 0.1) is 11.6 Å². The first-order valence-electron chi connectivity index (χ1n) is 5.30. The van der Waals surface area contributed by atoms with Crippen LogP contribution in [0.3, 0.4) is 0 Å². The number of hydrogen-bond donors (Lipinski definition) is 0. The molecule has 0 N–H and O–H groups in total. The summed E-state index contributed by atoms with van der Waals surface area (Å²) in [6.45, 7) is 0. The summed E-state index contributed by atoms with van der Waals surface area (Å²) >= 11 is 9.22. The van der Waals surface area contributed by atoms with Gasteiger partial charge in [-0.1, -0.05) is 15.9 Å². The van der Waals surface area contributed by atoms with Crippen LogP contribution in [0.5, 0.6) is 5.75 Å². The van der Waals surface area contributed by atoms with E-state index < -0.39 is 0 Å². The Morgan fingerprint density at radius 2 is 2.31 bits per heavy atom. The molecular weight excluding hydrogens is 352 g/mol. The maximum Gasteiger partial charge on any atom is 0.133 e. The van der Waals surface area contributed by atoms with E-state index in [1.54, 1.807) is 7.11 Å². The van der Waals surface area contributed by atoms with Crippen LogP contribution in [0.15, 0.2) is 16.6 Å². The lowest BCUT2D eigenvalue weighted by molar-refractivity contribution is 0.411. The second kappa shape index (κ2) is 5.78. The molecule has 0 aliphatic carbocycles. The van der Waals surface area contributed by atoms with E-state index in [1.165, 1.54) is 23.3 Å². The Labute approximate surface area is 118 Å². The number of rotatable bonds is 2. The van der Waals surface area contributed by atoms with Gasteiger partial charge in [0.2, 0.25) is 0 Å². The highest BCUT2D eigenvalue weighted by Gasteiger charge is 2.20. The second-order valence-corrected chi connectivity index (χ2v) is 6.62. The summed E-state index contributed by atoms with van der Waals surface area (Å²) < 4.78 is 6.41. The number of aryl methyl sites for hydroxylation is 1. The predicted molar refractivity (Wildman–Crippen MR) is 78.0 cm³/mol. The summed E-state index contributed by atoms with van der Waals surface area (Å²) in [6.07, 6.45) is 2.42. The van der Waals surface area contributed by atoms with Crippen LogP contribution < -0.4 is 4.74 Å². The van der Waals surface area contributed by atoms with E-state index in [2.05, 4.69) is 44.0 Å². The van der Waals surface area contributed by atoms with Crippen molar-refractivity contribution in [1.82, 2.24) is 0 Å². The molecular formula is C12H14Br2OS. The van der Waals surface area contributed by atoms with E-state index in [0.717, 1.165) is 22.0 Å². The molecule has 16 heavy (non-hydrogen) atoms. The number of methoxy groups -OCH3 is 1. The van der Waals surface area contributed by atoms with Crippen LogP contribution in [-0.2, 0) is 6.42 Å². The molecule has 1 unspecified atom stereocenters. The zero-order valence-electron chi connectivity index (χ0n) is 9.13. The van der Waals surface area contributed by atoms with E-state index in [-0.39, 0.29) is 0 Å². The monoisotopic (exact) mass is 364 g/mol. The predicted octanol–water partition coefficient (Wildman–Crippen LogP) is 4.57. The van der Waals surface area contributed by atoms with Crippen molar-refractivity contribution < 1.29 is 4.74 Å². The normalized spacial score (nSPS) is 20.1. The summed E-state index contributed by atoms with van der Waals surface area (Å²) in [5.41, 5.74) is 2.89. The lowest BCUT2D eigenvalue weighted by atomic mass is 10.0. The maximum atomic E-state index is 5.36. The molecule has 0 saturated carbocycles. The summed E-state index contributed by atoms with van der Waals surface area (Å²) in [6, 6.07) is 4.40. The fourth-order valence-electron chi connectivity index (χ4n) is 1.99. The molecule has 1 atom stereocenters. The molecule has 1 aliphatic rings. The molecule has 0 fully saturated rings. The van der Waals surface area contributed by atoms with Gasteiger partial charge < -0.3 is 4.74 Å². The topological polar surface area (TPSA) is 9.23 Å². The van der Waals surface area contributed by atoms with Gasteiger partial charge in [-0.25, -0.2) is 0 Å². The molecule has 4 heteroatoms. The molecule has 0 spiro atoms. The third-order valence-electron chi connectivity index (χ3n) is 2.81. The Hall–Kier alpha value is 0.330. The minimum absolute atomic E-state index is 0.569. The lowest BCUT2D eigenvalue weighted by Gasteiger charge is -2.16. The molecule has 0 bridgehead atoms. The lowest BCUT2D eigenvalue weighted by Crippen LogP contribution is -1.99. The molecule has 1 nitrogen and oxygen atoms in total. The number of ether oxygens (including phenoxy) is 1. The highest BCUT2D eigenvalue weighted by molar-refractivity contribution is 9.10. The molecule has 1 aromatic carbocycles. The maximum absolute atomic E-state index is 5.36. The van der Waals surface area contributed by atoms with Crippen molar-refractivity contribution in [2.24, 2.45) is 0 Å². The standard InChI is InChI=1S/C12H14Br2OS/c1-15-11-5-8-3-2-4-16-12(7-13)9(8)6-10(11)14/h5-6,12H,2-4,7H2,1H3. The van der Waals surface area contributed by atoms with Crippen molar-refractivity contribution >= 4 is 43.6 Å².